The molecule has 3 heteroatoms. The van der Waals surface area contributed by atoms with Crippen LogP contribution < -0.4 is 10.5 Å². The minimum absolute atomic E-state index is 0.411. The van der Waals surface area contributed by atoms with E-state index in [9.17, 15) is 0 Å². The zero-order chi connectivity index (χ0) is 12.8. The Morgan fingerprint density at radius 3 is 2.67 bits per heavy atom. The maximum absolute atomic E-state index is 5.75. The quantitative estimate of drug-likeness (QED) is 0.876. The molecule has 1 aromatic carbocycles. The highest BCUT2D eigenvalue weighted by Crippen LogP contribution is 2.21. The van der Waals surface area contributed by atoms with Gasteiger partial charge in [0.05, 0.1) is 6.54 Å². The van der Waals surface area contributed by atoms with Gasteiger partial charge in [-0.25, -0.2) is 0 Å². The molecule has 1 aromatic heterocycles. The summed E-state index contributed by atoms with van der Waals surface area (Å²) in [6, 6.07) is 11.7. The fourth-order valence-corrected chi connectivity index (χ4v) is 1.69. The number of hydrogen-bond acceptors (Lipinski definition) is 3. The zero-order valence-corrected chi connectivity index (χ0v) is 10.4. The molecule has 0 saturated heterocycles. The molecule has 94 valence electrons. The molecule has 0 aliphatic rings. The van der Waals surface area contributed by atoms with Crippen LogP contribution in [0.5, 0.6) is 5.75 Å². The Morgan fingerprint density at radius 2 is 1.94 bits per heavy atom. The zero-order valence-electron chi connectivity index (χ0n) is 10.4. The average Bonchev–Trinajstić information content (AvgIpc) is 2.86. The Balaban J connectivity index is 2.05. The van der Waals surface area contributed by atoms with Crippen LogP contribution in [0.15, 0.2) is 46.9 Å². The average molecular weight is 243 g/mol. The highest BCUT2D eigenvalue weighted by molar-refractivity contribution is 5.56. The third kappa shape index (κ3) is 3.02. The van der Waals surface area contributed by atoms with Gasteiger partial charge in [0, 0.05) is 5.56 Å². The van der Waals surface area contributed by atoms with Crippen LogP contribution in [0.3, 0.4) is 0 Å². The predicted octanol–water partition coefficient (Wildman–Crippen LogP) is 3.35. The Bertz CT molecular complexity index is 529. The summed E-state index contributed by atoms with van der Waals surface area (Å²) in [5, 5.41) is 0. The summed E-state index contributed by atoms with van der Waals surface area (Å²) in [6.45, 7) is 2.81. The summed E-state index contributed by atoms with van der Waals surface area (Å²) in [5.74, 6) is 2.40. The predicted molar refractivity (Wildman–Crippen MR) is 72.1 cm³/mol. The van der Waals surface area contributed by atoms with Crippen molar-refractivity contribution in [1.29, 1.82) is 0 Å². The van der Waals surface area contributed by atoms with Crippen LogP contribution in [0, 0.1) is 0 Å². The van der Waals surface area contributed by atoms with Gasteiger partial charge >= 0.3 is 0 Å². The van der Waals surface area contributed by atoms with Gasteiger partial charge in [-0.05, 0) is 25.1 Å². The van der Waals surface area contributed by atoms with Crippen LogP contribution in [-0.4, -0.2) is 0 Å². The summed E-state index contributed by atoms with van der Waals surface area (Å²) in [4.78, 5) is 0. The second kappa shape index (κ2) is 6.07. The third-order valence-electron chi connectivity index (χ3n) is 2.55. The van der Waals surface area contributed by atoms with Crippen molar-refractivity contribution in [3.8, 4) is 5.75 Å². The van der Waals surface area contributed by atoms with E-state index in [0.717, 1.165) is 22.8 Å². The van der Waals surface area contributed by atoms with Gasteiger partial charge in [0.1, 0.15) is 23.9 Å². The van der Waals surface area contributed by atoms with Crippen LogP contribution in [0.4, 0.5) is 0 Å². The maximum Gasteiger partial charge on any atom is 0.146 e. The van der Waals surface area contributed by atoms with Crippen molar-refractivity contribution < 1.29 is 9.15 Å². The van der Waals surface area contributed by atoms with Gasteiger partial charge in [-0.1, -0.05) is 30.4 Å². The SMILES string of the molecule is CC=Cc1ccccc1OCc1ccc(CN)o1. The molecule has 0 bridgehead atoms. The molecule has 0 amide bonds. The molecule has 1 heterocycles. The molecule has 2 N–H and O–H groups in total. The second-order valence-electron chi connectivity index (χ2n) is 3.90. The van der Waals surface area contributed by atoms with Crippen molar-refractivity contribution in [2.45, 2.75) is 20.1 Å². The summed E-state index contributed by atoms with van der Waals surface area (Å²) >= 11 is 0. The molecule has 0 aliphatic heterocycles. The molecular formula is C15H17NO2. The molecule has 0 spiro atoms. The summed E-state index contributed by atoms with van der Waals surface area (Å²) in [5.41, 5.74) is 6.55. The topological polar surface area (TPSA) is 48.4 Å². The first kappa shape index (κ1) is 12.5. The first-order valence-corrected chi connectivity index (χ1v) is 5.95. The van der Waals surface area contributed by atoms with Gasteiger partial charge in [0.15, 0.2) is 0 Å². The lowest BCUT2D eigenvalue weighted by Crippen LogP contribution is -1.96. The number of benzene rings is 1. The van der Waals surface area contributed by atoms with Gasteiger partial charge in [-0.15, -0.1) is 0 Å². The van der Waals surface area contributed by atoms with Crippen molar-refractivity contribution in [3.05, 3.63) is 59.6 Å². The Labute approximate surface area is 107 Å². The van der Waals surface area contributed by atoms with E-state index >= 15 is 0 Å². The fraction of sp³-hybridized carbons (Fsp3) is 0.200. The molecule has 2 rings (SSSR count). The molecule has 18 heavy (non-hydrogen) atoms. The van der Waals surface area contributed by atoms with Crippen LogP contribution in [0.1, 0.15) is 24.0 Å². The highest BCUT2D eigenvalue weighted by atomic mass is 16.5. The van der Waals surface area contributed by atoms with E-state index in [2.05, 4.69) is 0 Å². The lowest BCUT2D eigenvalue weighted by molar-refractivity contribution is 0.265. The maximum atomic E-state index is 5.75. The van der Waals surface area contributed by atoms with E-state index in [-0.39, 0.29) is 0 Å². The van der Waals surface area contributed by atoms with E-state index in [4.69, 9.17) is 14.9 Å². The molecule has 2 aromatic rings. The molecule has 0 aliphatic carbocycles. The third-order valence-corrected chi connectivity index (χ3v) is 2.55. The van der Waals surface area contributed by atoms with E-state index in [1.165, 1.54) is 0 Å². The number of hydrogen-bond donors (Lipinski definition) is 1. The molecule has 0 radical (unpaired) electrons. The van der Waals surface area contributed by atoms with Crippen molar-refractivity contribution in [2.75, 3.05) is 0 Å². The first-order valence-electron chi connectivity index (χ1n) is 5.95. The van der Waals surface area contributed by atoms with Crippen molar-refractivity contribution in [2.24, 2.45) is 5.73 Å². The van der Waals surface area contributed by atoms with Gasteiger partial charge < -0.3 is 14.9 Å². The monoisotopic (exact) mass is 243 g/mol. The minimum atomic E-state index is 0.411. The highest BCUT2D eigenvalue weighted by Gasteiger charge is 2.03. The molecule has 0 fully saturated rings. The van der Waals surface area contributed by atoms with Crippen molar-refractivity contribution >= 4 is 6.08 Å². The number of allylic oxidation sites excluding steroid dienone is 1. The van der Waals surface area contributed by atoms with Gasteiger partial charge in [-0.2, -0.15) is 0 Å². The molecular weight excluding hydrogens is 226 g/mol. The molecule has 0 atom stereocenters. The van der Waals surface area contributed by atoms with Crippen molar-refractivity contribution in [3.63, 3.8) is 0 Å². The lowest BCUT2D eigenvalue weighted by Gasteiger charge is -2.07. The van der Waals surface area contributed by atoms with Crippen LogP contribution in [0.25, 0.3) is 6.08 Å². The van der Waals surface area contributed by atoms with Crippen LogP contribution in [-0.2, 0) is 13.2 Å². The lowest BCUT2D eigenvalue weighted by atomic mass is 10.2. The summed E-state index contributed by atoms with van der Waals surface area (Å²) in [6.07, 6.45) is 4.00. The molecule has 0 saturated carbocycles. The number of rotatable bonds is 5. The number of nitrogens with two attached hydrogens (primary N) is 1. The number of ether oxygens (including phenoxy) is 1. The summed E-state index contributed by atoms with van der Waals surface area (Å²) < 4.78 is 11.2. The summed E-state index contributed by atoms with van der Waals surface area (Å²) in [7, 11) is 0. The Kier molecular flexibility index (Phi) is 4.20. The van der Waals surface area contributed by atoms with Gasteiger partial charge in [0.2, 0.25) is 0 Å². The standard InChI is InChI=1S/C15H17NO2/c1-2-5-12-6-3-4-7-15(12)17-11-14-9-8-13(10-16)18-14/h2-9H,10-11,16H2,1H3. The number of para-hydroxylation sites is 1. The fourth-order valence-electron chi connectivity index (χ4n) is 1.69. The van der Waals surface area contributed by atoms with Crippen molar-refractivity contribution in [1.82, 2.24) is 0 Å². The van der Waals surface area contributed by atoms with E-state index in [0.29, 0.717) is 13.2 Å². The first-order chi connectivity index (χ1) is 8.83. The Morgan fingerprint density at radius 1 is 1.17 bits per heavy atom. The molecule has 0 unspecified atom stereocenters. The normalized spacial score (nSPS) is 11.0. The van der Waals surface area contributed by atoms with Gasteiger partial charge in [0.25, 0.3) is 0 Å². The number of furan rings is 1. The van der Waals surface area contributed by atoms with E-state index in [1.54, 1.807) is 0 Å². The van der Waals surface area contributed by atoms with Crippen LogP contribution in [0.2, 0.25) is 0 Å². The van der Waals surface area contributed by atoms with E-state index in [1.807, 2.05) is 55.5 Å². The van der Waals surface area contributed by atoms with E-state index < -0.39 is 0 Å². The second-order valence-corrected chi connectivity index (χ2v) is 3.90. The van der Waals surface area contributed by atoms with Crippen LogP contribution >= 0.6 is 0 Å². The molecule has 3 nitrogen and oxygen atoms in total. The van der Waals surface area contributed by atoms with Gasteiger partial charge in [-0.3, -0.25) is 0 Å². The smallest absolute Gasteiger partial charge is 0.146 e. The minimum Gasteiger partial charge on any atom is -0.485 e. The Hall–Kier alpha value is -2.00. The largest absolute Gasteiger partial charge is 0.485 e.